The lowest BCUT2D eigenvalue weighted by molar-refractivity contribution is -0.143. The first-order valence-electron chi connectivity index (χ1n) is 18.6. The molecule has 3 aromatic rings. The molecule has 0 bridgehead atoms. The molecule has 3 heterocycles. The number of nitrogens with zero attached hydrogens (tertiary/aromatic N) is 3. The number of methoxy groups -OCH3 is 2. The smallest absolute Gasteiger partial charge is 0.408 e. The zero-order valence-electron chi connectivity index (χ0n) is 33.3. The Bertz CT molecular complexity index is 2190. The fraction of sp³-hybridized carbons (Fsp3) is 0.538. The predicted molar refractivity (Wildman–Crippen MR) is 207 cm³/mol. The summed E-state index contributed by atoms with van der Waals surface area (Å²) in [6, 6.07) is 6.24. The van der Waals surface area contributed by atoms with Gasteiger partial charge in [0.05, 0.1) is 32.1 Å². The number of hydrogen-bond acceptors (Lipinski definition) is 13. The number of benzene rings is 1. The minimum absolute atomic E-state index is 0.0581. The molecule has 308 valence electrons. The molecule has 1 aromatic carbocycles. The molecule has 3 fully saturated rings. The van der Waals surface area contributed by atoms with Crippen LogP contribution in [0.3, 0.4) is 0 Å². The van der Waals surface area contributed by atoms with E-state index < -0.39 is 79.7 Å². The molecule has 4 amide bonds. The summed E-state index contributed by atoms with van der Waals surface area (Å²) in [6.07, 6.45) is 0.750. The highest BCUT2D eigenvalue weighted by atomic mass is 32.2. The topological polar surface area (TPSA) is 218 Å². The molecule has 3 aliphatic rings. The Balaban J connectivity index is 1.35. The number of fused-ring (bicyclic) bond motifs is 1. The number of pyridine rings is 1. The number of sulfonamides is 1. The van der Waals surface area contributed by atoms with Gasteiger partial charge in [0.2, 0.25) is 27.7 Å². The summed E-state index contributed by atoms with van der Waals surface area (Å²) in [6.45, 7) is 14.0. The van der Waals surface area contributed by atoms with Crippen LogP contribution in [0.1, 0.15) is 67.2 Å². The van der Waals surface area contributed by atoms with Crippen molar-refractivity contribution in [2.24, 2.45) is 11.3 Å². The van der Waals surface area contributed by atoms with Gasteiger partial charge >= 0.3 is 6.09 Å². The van der Waals surface area contributed by atoms with Crippen LogP contribution in [0.15, 0.2) is 47.5 Å². The maximum Gasteiger partial charge on any atom is 0.408 e. The van der Waals surface area contributed by atoms with Crippen molar-refractivity contribution in [1.29, 1.82) is 0 Å². The van der Waals surface area contributed by atoms with Crippen molar-refractivity contribution in [3.05, 3.63) is 43.0 Å². The molecule has 6 rings (SSSR count). The van der Waals surface area contributed by atoms with Crippen molar-refractivity contribution in [1.82, 2.24) is 30.4 Å². The zero-order chi connectivity index (χ0) is 41.7. The normalized spacial score (nSPS) is 22.6. The first-order chi connectivity index (χ1) is 26.7. The molecule has 18 heteroatoms. The van der Waals surface area contributed by atoms with Crippen LogP contribution < -0.4 is 29.6 Å². The maximum atomic E-state index is 14.6. The molecule has 0 spiro atoms. The Morgan fingerprint density at radius 3 is 2.35 bits per heavy atom. The molecule has 57 heavy (non-hydrogen) atoms. The summed E-state index contributed by atoms with van der Waals surface area (Å²) < 4.78 is 55.8. The molecule has 0 radical (unpaired) electrons. The highest BCUT2D eigenvalue weighted by molar-refractivity contribution is 7.91. The molecule has 2 saturated carbocycles. The number of nitrogens with one attached hydrogen (secondary N) is 3. The summed E-state index contributed by atoms with van der Waals surface area (Å²) in [7, 11) is -0.945. The van der Waals surface area contributed by atoms with E-state index in [9.17, 15) is 27.6 Å². The molecule has 17 nitrogen and oxygen atoms in total. The van der Waals surface area contributed by atoms with E-state index in [0.717, 1.165) is 0 Å². The second-order valence-corrected chi connectivity index (χ2v) is 18.7. The average Bonchev–Trinajstić information content (AvgIpc) is 4.02. The largest absolute Gasteiger partial charge is 0.497 e. The van der Waals surface area contributed by atoms with Gasteiger partial charge in [-0.1, -0.05) is 26.8 Å². The Hall–Kier alpha value is -5.39. The van der Waals surface area contributed by atoms with E-state index in [1.807, 2.05) is 0 Å². The second-order valence-electron chi connectivity index (χ2n) is 16.7. The Morgan fingerprint density at radius 1 is 1.05 bits per heavy atom. The third kappa shape index (κ3) is 8.95. The average molecular weight is 811 g/mol. The first-order valence-corrected chi connectivity index (χ1v) is 20.2. The van der Waals surface area contributed by atoms with Crippen molar-refractivity contribution in [3.63, 3.8) is 0 Å². The van der Waals surface area contributed by atoms with Gasteiger partial charge in [-0.05, 0) is 80.3 Å². The Kier molecular flexibility index (Phi) is 11.0. The minimum atomic E-state index is -3.94. The number of ether oxygens (including phenoxy) is 4. The number of hydrogen-bond donors (Lipinski definition) is 3. The summed E-state index contributed by atoms with van der Waals surface area (Å²) in [4.78, 5) is 61.8. The summed E-state index contributed by atoms with van der Waals surface area (Å²) in [5.74, 6) is -1.50. The van der Waals surface area contributed by atoms with E-state index in [-0.39, 0.29) is 36.9 Å². The van der Waals surface area contributed by atoms with Gasteiger partial charge in [0.15, 0.2) is 5.76 Å². The van der Waals surface area contributed by atoms with Crippen molar-refractivity contribution in [3.8, 4) is 29.0 Å². The lowest BCUT2D eigenvalue weighted by Crippen LogP contribution is -2.60. The van der Waals surface area contributed by atoms with Crippen LogP contribution in [0.2, 0.25) is 0 Å². The Morgan fingerprint density at radius 2 is 1.77 bits per heavy atom. The Labute approximate surface area is 331 Å². The maximum absolute atomic E-state index is 14.6. The zero-order valence-corrected chi connectivity index (χ0v) is 34.2. The SMILES string of the molecule is C=CC1CC1(NC(=O)C1CC(Oc2nc(-c3cc(OC)no3)cc3cc(OC)ccc23)CN1C(=O)C(NC(=O)OC(C)(C)C)C(C)(C)C)C(=O)NS(=O)(=O)C1CC1. The van der Waals surface area contributed by atoms with Crippen LogP contribution in [-0.4, -0.2) is 103 Å². The van der Waals surface area contributed by atoms with Crippen LogP contribution in [0.4, 0.5) is 4.79 Å². The van der Waals surface area contributed by atoms with E-state index in [2.05, 4.69) is 27.1 Å². The number of carbonyl (C=O) groups excluding carboxylic acids is 4. The molecule has 5 unspecified atom stereocenters. The van der Waals surface area contributed by atoms with Gasteiger partial charge < -0.3 is 39.0 Å². The van der Waals surface area contributed by atoms with E-state index in [1.165, 1.54) is 18.1 Å². The van der Waals surface area contributed by atoms with Gasteiger partial charge in [0.1, 0.15) is 40.8 Å². The highest BCUT2D eigenvalue weighted by Crippen LogP contribution is 2.46. The van der Waals surface area contributed by atoms with Crippen LogP contribution in [-0.2, 0) is 29.1 Å². The lowest BCUT2D eigenvalue weighted by atomic mass is 9.85. The minimum Gasteiger partial charge on any atom is -0.497 e. The van der Waals surface area contributed by atoms with E-state index in [1.54, 1.807) is 79.0 Å². The predicted octanol–water partition coefficient (Wildman–Crippen LogP) is 3.86. The van der Waals surface area contributed by atoms with Crippen molar-refractivity contribution >= 4 is 44.6 Å². The molecular formula is C39H50N6O11S. The summed E-state index contributed by atoms with van der Waals surface area (Å²) in [5.41, 5.74) is -2.96. The number of amides is 4. The van der Waals surface area contributed by atoms with E-state index in [4.69, 9.17) is 28.5 Å². The van der Waals surface area contributed by atoms with Gasteiger partial charge in [0.25, 0.3) is 11.8 Å². The van der Waals surface area contributed by atoms with Crippen LogP contribution in [0.5, 0.6) is 17.5 Å². The van der Waals surface area contributed by atoms with Gasteiger partial charge in [-0.15, -0.1) is 6.58 Å². The quantitative estimate of drug-likeness (QED) is 0.209. The summed E-state index contributed by atoms with van der Waals surface area (Å²) >= 11 is 0. The van der Waals surface area contributed by atoms with Gasteiger partial charge in [-0.3, -0.25) is 19.1 Å². The first kappa shape index (κ1) is 41.2. The lowest BCUT2D eigenvalue weighted by Gasteiger charge is -2.36. The van der Waals surface area contributed by atoms with E-state index >= 15 is 0 Å². The van der Waals surface area contributed by atoms with Gasteiger partial charge in [-0.25, -0.2) is 18.2 Å². The van der Waals surface area contributed by atoms with Crippen molar-refractivity contribution < 1.29 is 51.1 Å². The number of aromatic nitrogens is 2. The fourth-order valence-corrected chi connectivity index (χ4v) is 8.18. The van der Waals surface area contributed by atoms with Gasteiger partial charge in [-0.2, -0.15) is 0 Å². The van der Waals surface area contributed by atoms with Crippen LogP contribution in [0.25, 0.3) is 22.2 Å². The molecule has 5 atom stereocenters. The molecule has 1 aliphatic heterocycles. The molecule has 2 aromatic heterocycles. The fourth-order valence-electron chi connectivity index (χ4n) is 6.81. The molecule has 3 N–H and O–H groups in total. The second kappa shape index (κ2) is 15.2. The summed E-state index contributed by atoms with van der Waals surface area (Å²) in [5, 5.41) is 9.97. The van der Waals surface area contributed by atoms with Crippen LogP contribution in [0, 0.1) is 11.3 Å². The standard InChI is InChI=1S/C39H50N6O11S/c1-10-22-19-39(22,35(48)44-57(50,51)25-12-13-25)42-32(46)28-17-24(20-45(28)34(47)31(37(2,3)4)41-36(49)55-38(5,6)7)54-33-26-14-11-23(52-8)15-21(26)16-27(40-33)29-18-30(53-9)43-56-29/h10-11,14-16,18,22,24-25,28,31H,1,12-13,17,19-20H2,2-9H3,(H,41,49)(H,42,46)(H,44,48). The number of rotatable bonds is 13. The number of alkyl carbamates (subject to hydrolysis) is 1. The van der Waals surface area contributed by atoms with E-state index in [0.29, 0.717) is 35.1 Å². The molecule has 2 aliphatic carbocycles. The van der Waals surface area contributed by atoms with Gasteiger partial charge in [0, 0.05) is 17.7 Å². The molecule has 1 saturated heterocycles. The third-order valence-electron chi connectivity index (χ3n) is 10.1. The highest BCUT2D eigenvalue weighted by Gasteiger charge is 2.62. The van der Waals surface area contributed by atoms with Crippen LogP contribution >= 0.6 is 0 Å². The number of likely N-dealkylation sites (tertiary alicyclic amines) is 1. The molecular weight excluding hydrogens is 761 g/mol. The monoisotopic (exact) mass is 810 g/mol. The third-order valence-corrected chi connectivity index (χ3v) is 11.9. The van der Waals surface area contributed by atoms with Crippen molar-refractivity contribution in [2.75, 3.05) is 20.8 Å². The van der Waals surface area contributed by atoms with Crippen molar-refractivity contribution in [2.45, 2.75) is 102 Å². The number of carbonyl (C=O) groups is 4.